The molecule has 2 aliphatic carbocycles. The predicted molar refractivity (Wildman–Crippen MR) is 90.4 cm³/mol. The monoisotopic (exact) mass is 340 g/mol. The molecule has 5 rings (SSSR count). The molecule has 130 valence electrons. The Morgan fingerprint density at radius 2 is 1.60 bits per heavy atom. The number of aliphatic hydroxyl groups excluding tert-OH is 2. The van der Waals surface area contributed by atoms with Crippen LogP contribution in [0.25, 0.3) is 10.8 Å². The van der Waals surface area contributed by atoms with E-state index in [2.05, 4.69) is 0 Å². The van der Waals surface area contributed by atoms with E-state index < -0.39 is 29.8 Å². The summed E-state index contributed by atoms with van der Waals surface area (Å²) in [4.78, 5) is 12.5. The van der Waals surface area contributed by atoms with Crippen molar-refractivity contribution in [1.82, 2.24) is 0 Å². The van der Waals surface area contributed by atoms with Crippen molar-refractivity contribution in [3.05, 3.63) is 36.4 Å². The van der Waals surface area contributed by atoms with E-state index in [0.29, 0.717) is 30.8 Å². The fourth-order valence-electron chi connectivity index (χ4n) is 4.87. The molecule has 0 amide bonds. The predicted octanol–water partition coefficient (Wildman–Crippen LogP) is 2.42. The van der Waals surface area contributed by atoms with E-state index in [1.807, 2.05) is 36.4 Å². The van der Waals surface area contributed by atoms with Gasteiger partial charge in [0.25, 0.3) is 5.79 Å². The van der Waals surface area contributed by atoms with E-state index in [1.54, 1.807) is 0 Å². The van der Waals surface area contributed by atoms with Crippen molar-refractivity contribution < 1.29 is 24.5 Å². The maximum absolute atomic E-state index is 12.5. The maximum Gasteiger partial charge on any atom is 0.257 e. The van der Waals surface area contributed by atoms with Crippen molar-refractivity contribution in [3.8, 4) is 11.5 Å². The summed E-state index contributed by atoms with van der Waals surface area (Å²) in [7, 11) is 0. The number of carbonyl (C=O) groups is 1. The third kappa shape index (κ3) is 2.06. The summed E-state index contributed by atoms with van der Waals surface area (Å²) >= 11 is 0. The quantitative estimate of drug-likeness (QED) is 0.770. The maximum atomic E-state index is 12.5. The lowest BCUT2D eigenvalue weighted by molar-refractivity contribution is -0.236. The minimum absolute atomic E-state index is 0.00820. The molecule has 5 nitrogen and oxygen atoms in total. The summed E-state index contributed by atoms with van der Waals surface area (Å²) in [5.41, 5.74) is 0. The second kappa shape index (κ2) is 5.19. The molecule has 4 atom stereocenters. The van der Waals surface area contributed by atoms with Crippen molar-refractivity contribution in [3.63, 3.8) is 0 Å². The minimum Gasteiger partial charge on any atom is -0.451 e. The Morgan fingerprint density at radius 1 is 0.960 bits per heavy atom. The van der Waals surface area contributed by atoms with Crippen molar-refractivity contribution in [2.45, 2.75) is 43.7 Å². The largest absolute Gasteiger partial charge is 0.451 e. The standard InChI is InChI=1S/C20H20O5/c21-12-7-8-14(23)19-18(12)13(22)9-10-20(19)24-15-5-1-3-11-4-2-6-16(25-20)17(11)15/h1-6,12,14,18-19,21,23H,7-10H2/t12-,14+,18+,19+/m0/s1. The Hall–Kier alpha value is -2.11. The summed E-state index contributed by atoms with van der Waals surface area (Å²) in [6, 6.07) is 11.6. The highest BCUT2D eigenvalue weighted by atomic mass is 16.7. The van der Waals surface area contributed by atoms with Gasteiger partial charge >= 0.3 is 0 Å². The molecule has 1 heterocycles. The number of Topliss-reactive ketones (excluding diaryl/α,β-unsaturated/α-hetero) is 1. The molecule has 2 N–H and O–H groups in total. The topological polar surface area (TPSA) is 76.0 Å². The molecular weight excluding hydrogens is 320 g/mol. The van der Waals surface area contributed by atoms with Crippen LogP contribution in [0.2, 0.25) is 0 Å². The molecular formula is C20H20O5. The number of hydrogen-bond donors (Lipinski definition) is 2. The summed E-state index contributed by atoms with van der Waals surface area (Å²) in [6.07, 6.45) is 0.0389. The highest BCUT2D eigenvalue weighted by Gasteiger charge is 2.60. The first-order valence-corrected chi connectivity index (χ1v) is 8.88. The van der Waals surface area contributed by atoms with Gasteiger partial charge in [-0.05, 0) is 30.4 Å². The van der Waals surface area contributed by atoms with Gasteiger partial charge in [-0.15, -0.1) is 0 Å². The van der Waals surface area contributed by atoms with Gasteiger partial charge in [0, 0.05) is 12.8 Å². The van der Waals surface area contributed by atoms with Gasteiger partial charge < -0.3 is 19.7 Å². The third-order valence-electron chi connectivity index (χ3n) is 5.97. The van der Waals surface area contributed by atoms with Gasteiger partial charge in [-0.3, -0.25) is 4.79 Å². The molecule has 25 heavy (non-hydrogen) atoms. The number of ether oxygens (including phenoxy) is 2. The summed E-state index contributed by atoms with van der Waals surface area (Å²) < 4.78 is 12.6. The zero-order valence-corrected chi connectivity index (χ0v) is 13.7. The van der Waals surface area contributed by atoms with Gasteiger partial charge in [-0.1, -0.05) is 24.3 Å². The molecule has 5 heteroatoms. The Balaban J connectivity index is 1.65. The lowest BCUT2D eigenvalue weighted by atomic mass is 9.64. The molecule has 3 aliphatic rings. The molecule has 0 unspecified atom stereocenters. The number of rotatable bonds is 0. The molecule has 1 spiro atoms. The average molecular weight is 340 g/mol. The van der Waals surface area contributed by atoms with E-state index in [4.69, 9.17) is 9.47 Å². The van der Waals surface area contributed by atoms with Crippen molar-refractivity contribution in [1.29, 1.82) is 0 Å². The van der Waals surface area contributed by atoms with E-state index in [-0.39, 0.29) is 12.2 Å². The summed E-state index contributed by atoms with van der Waals surface area (Å²) in [6.45, 7) is 0. The minimum atomic E-state index is -1.11. The number of aliphatic hydroxyl groups is 2. The van der Waals surface area contributed by atoms with E-state index >= 15 is 0 Å². The molecule has 2 aromatic carbocycles. The second-order valence-corrected chi connectivity index (χ2v) is 7.36. The number of hydrogen-bond acceptors (Lipinski definition) is 5. The molecule has 0 saturated heterocycles. The van der Waals surface area contributed by atoms with Crippen molar-refractivity contribution in [2.75, 3.05) is 0 Å². The van der Waals surface area contributed by atoms with Gasteiger partial charge in [-0.25, -0.2) is 0 Å². The molecule has 2 fully saturated rings. The third-order valence-corrected chi connectivity index (χ3v) is 5.97. The second-order valence-electron chi connectivity index (χ2n) is 7.36. The highest BCUT2D eigenvalue weighted by Crippen LogP contribution is 2.52. The fraction of sp³-hybridized carbons (Fsp3) is 0.450. The number of fused-ring (bicyclic) bond motifs is 2. The van der Waals surface area contributed by atoms with Crippen LogP contribution in [-0.2, 0) is 4.79 Å². The lowest BCUT2D eigenvalue weighted by Gasteiger charge is -2.52. The van der Waals surface area contributed by atoms with Gasteiger partial charge in [0.1, 0.15) is 17.3 Å². The first kappa shape index (κ1) is 15.2. The van der Waals surface area contributed by atoms with Crippen LogP contribution < -0.4 is 9.47 Å². The van der Waals surface area contributed by atoms with E-state index in [9.17, 15) is 15.0 Å². The number of carbonyl (C=O) groups excluding carboxylic acids is 1. The van der Waals surface area contributed by atoms with Crippen molar-refractivity contribution >= 4 is 16.6 Å². The average Bonchev–Trinajstić information content (AvgIpc) is 2.61. The van der Waals surface area contributed by atoms with Gasteiger partial charge in [0.2, 0.25) is 0 Å². The molecule has 0 radical (unpaired) electrons. The van der Waals surface area contributed by atoms with Crippen LogP contribution in [0.3, 0.4) is 0 Å². The zero-order valence-electron chi connectivity index (χ0n) is 13.7. The van der Waals surface area contributed by atoms with E-state index in [1.165, 1.54) is 0 Å². The van der Waals surface area contributed by atoms with Crippen LogP contribution in [0, 0.1) is 11.8 Å². The molecule has 2 aromatic rings. The zero-order chi connectivity index (χ0) is 17.2. The first-order valence-electron chi connectivity index (χ1n) is 8.88. The van der Waals surface area contributed by atoms with Crippen molar-refractivity contribution in [2.24, 2.45) is 11.8 Å². The molecule has 2 saturated carbocycles. The normalized spacial score (nSPS) is 32.8. The van der Waals surface area contributed by atoms with Crippen LogP contribution in [0.15, 0.2) is 36.4 Å². The number of benzene rings is 2. The smallest absolute Gasteiger partial charge is 0.257 e. The van der Waals surface area contributed by atoms with Gasteiger partial charge in [0.05, 0.1) is 29.4 Å². The Kier molecular flexibility index (Phi) is 3.15. The Labute approximate surface area is 145 Å². The summed E-state index contributed by atoms with van der Waals surface area (Å²) in [5.74, 6) is -0.907. The summed E-state index contributed by atoms with van der Waals surface area (Å²) in [5, 5.41) is 23.0. The first-order chi connectivity index (χ1) is 12.1. The fourth-order valence-corrected chi connectivity index (χ4v) is 4.87. The van der Waals surface area contributed by atoms with Gasteiger partial charge in [0.15, 0.2) is 0 Å². The Bertz CT molecular complexity index is 820. The Morgan fingerprint density at radius 3 is 2.28 bits per heavy atom. The van der Waals surface area contributed by atoms with Gasteiger partial charge in [-0.2, -0.15) is 0 Å². The van der Waals surface area contributed by atoms with Crippen LogP contribution in [-0.4, -0.2) is 34.0 Å². The van der Waals surface area contributed by atoms with Crippen LogP contribution >= 0.6 is 0 Å². The van der Waals surface area contributed by atoms with Crippen LogP contribution in [0.5, 0.6) is 11.5 Å². The molecule has 0 aromatic heterocycles. The SMILES string of the molecule is O=C1CCC2(Oc3cccc4cccc(c34)O2)[C@H]2[C@@H]1[C@@H](O)CC[C@H]2O. The highest BCUT2D eigenvalue weighted by molar-refractivity contribution is 5.94. The molecule has 0 bridgehead atoms. The molecule has 1 aliphatic heterocycles. The van der Waals surface area contributed by atoms with Crippen LogP contribution in [0.4, 0.5) is 0 Å². The lowest BCUT2D eigenvalue weighted by Crippen LogP contribution is -2.64. The number of ketones is 1. The van der Waals surface area contributed by atoms with E-state index in [0.717, 1.165) is 10.8 Å². The van der Waals surface area contributed by atoms with Crippen LogP contribution in [0.1, 0.15) is 25.7 Å².